The second kappa shape index (κ2) is 8.94. The zero-order valence-electron chi connectivity index (χ0n) is 16.9. The van der Waals surface area contributed by atoms with Crippen LogP contribution in [0.5, 0.6) is 0 Å². The number of carbonyl (C=O) groups excluding carboxylic acids is 1. The Morgan fingerprint density at radius 2 is 1.76 bits per heavy atom. The van der Waals surface area contributed by atoms with Crippen molar-refractivity contribution < 1.29 is 17.9 Å². The lowest BCUT2D eigenvalue weighted by Crippen LogP contribution is -2.48. The Kier molecular flexibility index (Phi) is 6.56. The summed E-state index contributed by atoms with van der Waals surface area (Å²) in [5.74, 6) is -0.183. The number of sulfonamides is 1. The number of nitrogens with one attached hydrogen (secondary N) is 1. The van der Waals surface area contributed by atoms with Gasteiger partial charge in [-0.25, -0.2) is 8.42 Å². The van der Waals surface area contributed by atoms with Crippen LogP contribution in [0.2, 0.25) is 0 Å². The lowest BCUT2D eigenvalue weighted by molar-refractivity contribution is -0.121. The fourth-order valence-corrected chi connectivity index (χ4v) is 4.73. The van der Waals surface area contributed by atoms with Crippen LogP contribution in [0.4, 0.5) is 11.4 Å². The first-order valence-electron chi connectivity index (χ1n) is 9.57. The number of para-hydroxylation sites is 1. The molecular weight excluding hydrogens is 390 g/mol. The van der Waals surface area contributed by atoms with Gasteiger partial charge in [-0.1, -0.05) is 24.3 Å². The summed E-state index contributed by atoms with van der Waals surface area (Å²) in [5.41, 5.74) is 1.02. The summed E-state index contributed by atoms with van der Waals surface area (Å²) in [6.45, 7) is 5.58. The van der Waals surface area contributed by atoms with Crippen molar-refractivity contribution in [2.75, 3.05) is 36.3 Å². The van der Waals surface area contributed by atoms with Crippen LogP contribution in [0, 0.1) is 0 Å². The Balaban J connectivity index is 1.70. The third-order valence-corrected chi connectivity index (χ3v) is 6.54. The van der Waals surface area contributed by atoms with E-state index in [-0.39, 0.29) is 29.6 Å². The number of carbonyl (C=O) groups is 1. The first-order chi connectivity index (χ1) is 13.8. The average molecular weight is 418 g/mol. The van der Waals surface area contributed by atoms with Crippen LogP contribution in [0.25, 0.3) is 0 Å². The highest BCUT2D eigenvalue weighted by Crippen LogP contribution is 2.23. The molecule has 1 fully saturated rings. The van der Waals surface area contributed by atoms with E-state index in [1.165, 1.54) is 23.5 Å². The summed E-state index contributed by atoms with van der Waals surface area (Å²) in [6, 6.07) is 15.2. The summed E-state index contributed by atoms with van der Waals surface area (Å²) < 4.78 is 32.8. The first kappa shape index (κ1) is 21.3. The van der Waals surface area contributed by atoms with E-state index in [1.807, 2.05) is 24.8 Å². The molecule has 2 aromatic carbocycles. The summed E-state index contributed by atoms with van der Waals surface area (Å²) in [5, 5.41) is 2.81. The Morgan fingerprint density at radius 3 is 2.41 bits per heavy atom. The fraction of sp³-hybridized carbons (Fsp3) is 0.381. The predicted molar refractivity (Wildman–Crippen MR) is 114 cm³/mol. The quantitative estimate of drug-likeness (QED) is 0.782. The van der Waals surface area contributed by atoms with Crippen LogP contribution in [0.3, 0.4) is 0 Å². The van der Waals surface area contributed by atoms with Crippen molar-refractivity contribution in [1.82, 2.24) is 4.90 Å². The van der Waals surface area contributed by atoms with Gasteiger partial charge in [0.1, 0.15) is 0 Å². The third-order valence-electron chi connectivity index (χ3n) is 4.76. The molecule has 0 aromatic heterocycles. The smallest absolute Gasteiger partial charge is 0.264 e. The van der Waals surface area contributed by atoms with Gasteiger partial charge in [0, 0.05) is 25.8 Å². The lowest BCUT2D eigenvalue weighted by Gasteiger charge is -2.34. The molecule has 0 radical (unpaired) electrons. The van der Waals surface area contributed by atoms with Crippen molar-refractivity contribution in [1.29, 1.82) is 0 Å². The lowest BCUT2D eigenvalue weighted by atomic mass is 10.2. The molecule has 2 aromatic rings. The summed E-state index contributed by atoms with van der Waals surface area (Å²) in [7, 11) is -2.23. The zero-order valence-corrected chi connectivity index (χ0v) is 17.7. The molecule has 3 rings (SSSR count). The molecule has 1 heterocycles. The highest BCUT2D eigenvalue weighted by atomic mass is 32.2. The van der Waals surface area contributed by atoms with Crippen LogP contribution in [0.1, 0.15) is 13.8 Å². The zero-order chi connectivity index (χ0) is 21.0. The van der Waals surface area contributed by atoms with Gasteiger partial charge < -0.3 is 10.1 Å². The molecule has 0 bridgehead atoms. The minimum atomic E-state index is -3.74. The molecule has 0 spiro atoms. The summed E-state index contributed by atoms with van der Waals surface area (Å²) in [4.78, 5) is 14.6. The number of ether oxygens (including phenoxy) is 1. The summed E-state index contributed by atoms with van der Waals surface area (Å²) >= 11 is 0. The van der Waals surface area contributed by atoms with Gasteiger partial charge in [-0.2, -0.15) is 0 Å². The van der Waals surface area contributed by atoms with Gasteiger partial charge in [-0.3, -0.25) is 14.0 Å². The molecule has 29 heavy (non-hydrogen) atoms. The summed E-state index contributed by atoms with van der Waals surface area (Å²) in [6.07, 6.45) is 0.155. The normalized spacial score (nSPS) is 20.2. The minimum absolute atomic E-state index is 0.0774. The number of amides is 1. The maximum atomic E-state index is 13.0. The largest absolute Gasteiger partial charge is 0.373 e. The number of hydrogen-bond donors (Lipinski definition) is 1. The Bertz CT molecular complexity index is 939. The van der Waals surface area contributed by atoms with Crippen LogP contribution >= 0.6 is 0 Å². The average Bonchev–Trinajstić information content (AvgIpc) is 2.67. The van der Waals surface area contributed by atoms with E-state index in [0.717, 1.165) is 0 Å². The molecule has 156 valence electrons. The first-order valence-corrected chi connectivity index (χ1v) is 11.0. The van der Waals surface area contributed by atoms with Gasteiger partial charge in [0.05, 0.1) is 29.3 Å². The number of anilines is 2. The van der Waals surface area contributed by atoms with Gasteiger partial charge in [0.25, 0.3) is 10.0 Å². The van der Waals surface area contributed by atoms with Crippen molar-refractivity contribution in [3.05, 3.63) is 54.6 Å². The van der Waals surface area contributed by atoms with Gasteiger partial charge in [0.15, 0.2) is 0 Å². The van der Waals surface area contributed by atoms with Crippen LogP contribution < -0.4 is 9.62 Å². The number of nitrogens with zero attached hydrogens (tertiary/aromatic N) is 2. The van der Waals surface area contributed by atoms with Gasteiger partial charge >= 0.3 is 0 Å². The molecule has 0 saturated carbocycles. The minimum Gasteiger partial charge on any atom is -0.373 e. The van der Waals surface area contributed by atoms with Gasteiger partial charge in [-0.15, -0.1) is 0 Å². The van der Waals surface area contributed by atoms with Crippen molar-refractivity contribution in [2.45, 2.75) is 31.0 Å². The number of rotatable bonds is 6. The van der Waals surface area contributed by atoms with E-state index in [4.69, 9.17) is 4.74 Å². The van der Waals surface area contributed by atoms with Crippen molar-refractivity contribution in [3.63, 3.8) is 0 Å². The topological polar surface area (TPSA) is 79.0 Å². The van der Waals surface area contributed by atoms with E-state index >= 15 is 0 Å². The molecule has 0 unspecified atom stereocenters. The Labute approximate surface area is 172 Å². The highest BCUT2D eigenvalue weighted by molar-refractivity contribution is 7.92. The molecule has 1 N–H and O–H groups in total. The second-order valence-corrected chi connectivity index (χ2v) is 9.30. The molecule has 1 amide bonds. The number of benzene rings is 2. The van der Waals surface area contributed by atoms with E-state index in [2.05, 4.69) is 5.32 Å². The number of morpholine rings is 1. The molecule has 1 aliphatic heterocycles. The predicted octanol–water partition coefficient (Wildman–Crippen LogP) is 2.56. The monoisotopic (exact) mass is 417 g/mol. The van der Waals surface area contributed by atoms with Crippen LogP contribution in [-0.4, -0.2) is 58.1 Å². The Hall–Kier alpha value is -2.42. The van der Waals surface area contributed by atoms with Gasteiger partial charge in [-0.05, 0) is 44.2 Å². The van der Waals surface area contributed by atoms with E-state index in [9.17, 15) is 13.2 Å². The molecule has 2 atom stereocenters. The molecule has 8 heteroatoms. The standard InChI is InChI=1S/C21H27N3O4S/c1-16-13-24(14-17(2)28-16)15-21(25)22-18-8-7-11-20(12-18)29(26,27)23(3)19-9-5-4-6-10-19/h4-12,16-17H,13-15H2,1-3H3,(H,22,25)/t16-,17+. The molecule has 7 nitrogen and oxygen atoms in total. The van der Waals surface area contributed by atoms with Crippen molar-refractivity contribution >= 4 is 27.3 Å². The highest BCUT2D eigenvalue weighted by Gasteiger charge is 2.24. The van der Waals surface area contributed by atoms with E-state index in [0.29, 0.717) is 24.5 Å². The number of hydrogen-bond acceptors (Lipinski definition) is 5. The molecular formula is C21H27N3O4S. The van der Waals surface area contributed by atoms with Crippen molar-refractivity contribution in [3.8, 4) is 0 Å². The van der Waals surface area contributed by atoms with E-state index < -0.39 is 10.0 Å². The van der Waals surface area contributed by atoms with Crippen LogP contribution in [-0.2, 0) is 19.6 Å². The fourth-order valence-electron chi connectivity index (χ4n) is 3.49. The maximum Gasteiger partial charge on any atom is 0.264 e. The van der Waals surface area contributed by atoms with Crippen LogP contribution in [0.15, 0.2) is 59.5 Å². The second-order valence-electron chi connectivity index (χ2n) is 7.34. The maximum absolute atomic E-state index is 13.0. The molecule has 0 aliphatic carbocycles. The SMILES string of the molecule is C[C@@H]1CN(CC(=O)Nc2cccc(S(=O)(=O)N(C)c3ccccc3)c2)C[C@H](C)O1. The van der Waals surface area contributed by atoms with Gasteiger partial charge in [0.2, 0.25) is 5.91 Å². The molecule has 1 saturated heterocycles. The Morgan fingerprint density at radius 1 is 1.10 bits per heavy atom. The van der Waals surface area contributed by atoms with E-state index in [1.54, 1.807) is 36.4 Å². The third kappa shape index (κ3) is 5.35. The van der Waals surface area contributed by atoms with Crippen molar-refractivity contribution in [2.24, 2.45) is 0 Å². The molecule has 1 aliphatic rings.